The van der Waals surface area contributed by atoms with Gasteiger partial charge in [0, 0.05) is 12.8 Å². The van der Waals surface area contributed by atoms with Crippen LogP contribution in [0.25, 0.3) is 0 Å². The topological polar surface area (TPSA) is 49.8 Å². The van der Waals surface area contributed by atoms with Gasteiger partial charge >= 0.3 is 5.97 Å². The third kappa shape index (κ3) is 4.42. The summed E-state index contributed by atoms with van der Waals surface area (Å²) in [5.41, 5.74) is 0. The summed E-state index contributed by atoms with van der Waals surface area (Å²) in [6, 6.07) is 0. The highest BCUT2D eigenvalue weighted by Gasteiger charge is 2.08. The first-order chi connectivity index (χ1) is 5.29. The zero-order valence-electron chi connectivity index (χ0n) is 6.38. The summed E-state index contributed by atoms with van der Waals surface area (Å²) >= 11 is 0. The molecule has 0 spiro atoms. The van der Waals surface area contributed by atoms with E-state index in [0.29, 0.717) is 6.42 Å². The van der Waals surface area contributed by atoms with Crippen LogP contribution < -0.4 is 0 Å². The lowest BCUT2D eigenvalue weighted by Crippen LogP contribution is -1.93. The quantitative estimate of drug-likeness (QED) is 0.597. The molecule has 0 unspecified atom stereocenters. The average Bonchev–Trinajstić information content (AvgIpc) is 2.70. The lowest BCUT2D eigenvalue weighted by molar-refractivity contribution is -0.137. The van der Waals surface area contributed by atoms with Crippen molar-refractivity contribution in [1.29, 1.82) is 0 Å². The van der Waals surface area contributed by atoms with Crippen LogP contribution in [0.3, 0.4) is 0 Å². The number of allylic oxidation sites excluding steroid dienone is 1. The van der Waals surface area contributed by atoms with Gasteiger partial charge in [-0.15, -0.1) is 0 Å². The van der Waals surface area contributed by atoms with Crippen LogP contribution in [0.15, 0.2) is 12.0 Å². The first-order valence-electron chi connectivity index (χ1n) is 3.86. The molecule has 0 bridgehead atoms. The van der Waals surface area contributed by atoms with E-state index in [1.807, 2.05) is 0 Å². The maximum atomic E-state index is 10.1. The molecule has 3 nitrogen and oxygen atoms in total. The second kappa shape index (κ2) is 4.01. The Labute approximate surface area is 65.7 Å². The number of unbranched alkanes of at least 4 members (excludes halogenated alkanes) is 2. The molecule has 0 aromatic rings. The molecule has 0 saturated carbocycles. The summed E-state index contributed by atoms with van der Waals surface area (Å²) in [5, 5.41) is 8.30. The van der Waals surface area contributed by atoms with Crippen LogP contribution in [0.2, 0.25) is 0 Å². The Morgan fingerprint density at radius 2 is 2.18 bits per heavy atom. The molecule has 0 radical (unpaired) electrons. The molecule has 0 aromatic heterocycles. The highest BCUT2D eigenvalue weighted by molar-refractivity contribution is 5.66. The molecule has 0 amide bonds. The molecule has 0 saturated heterocycles. The minimum Gasteiger partial charge on any atom is -0.481 e. The second-order valence-electron chi connectivity index (χ2n) is 2.66. The minimum atomic E-state index is -0.702. The second-order valence-corrected chi connectivity index (χ2v) is 2.66. The van der Waals surface area contributed by atoms with Gasteiger partial charge in [-0.05, 0) is 12.8 Å². The summed E-state index contributed by atoms with van der Waals surface area (Å²) in [6.07, 6.45) is 5.80. The zero-order valence-corrected chi connectivity index (χ0v) is 6.38. The van der Waals surface area contributed by atoms with Crippen molar-refractivity contribution in [2.45, 2.75) is 32.1 Å². The summed E-state index contributed by atoms with van der Waals surface area (Å²) in [6.45, 7) is 0. The Kier molecular flexibility index (Phi) is 2.95. The van der Waals surface area contributed by atoms with E-state index in [4.69, 9.17) is 9.84 Å². The predicted molar refractivity (Wildman–Crippen MR) is 39.9 cm³/mol. The fourth-order valence-electron chi connectivity index (χ4n) is 0.912. The maximum Gasteiger partial charge on any atom is 0.303 e. The smallest absolute Gasteiger partial charge is 0.303 e. The van der Waals surface area contributed by atoms with Gasteiger partial charge in [-0.2, -0.15) is 0 Å². The SMILES string of the molecule is O=C(O)CCCCCC1=CO1. The van der Waals surface area contributed by atoms with Gasteiger partial charge in [-0.25, -0.2) is 0 Å². The molecule has 1 rings (SSSR count). The molecule has 0 fully saturated rings. The molecular weight excluding hydrogens is 144 g/mol. The molecule has 62 valence electrons. The van der Waals surface area contributed by atoms with Crippen LogP contribution in [0.5, 0.6) is 0 Å². The number of ether oxygens (including phenoxy) is 1. The number of carbonyl (C=O) groups is 1. The first kappa shape index (κ1) is 8.11. The molecular formula is C8H12O3. The van der Waals surface area contributed by atoms with Crippen molar-refractivity contribution >= 4 is 5.97 Å². The molecule has 1 heterocycles. The number of aliphatic carboxylic acids is 1. The molecule has 1 aliphatic heterocycles. The Hall–Kier alpha value is -0.990. The Bertz CT molecular complexity index is 168. The third-order valence-corrected chi connectivity index (χ3v) is 1.60. The monoisotopic (exact) mass is 156 g/mol. The normalized spacial score (nSPS) is 13.6. The molecule has 1 aliphatic rings. The van der Waals surface area contributed by atoms with Crippen LogP contribution in [0, 0.1) is 0 Å². The van der Waals surface area contributed by atoms with E-state index in [2.05, 4.69) is 0 Å². The van der Waals surface area contributed by atoms with Crippen molar-refractivity contribution in [3.05, 3.63) is 12.0 Å². The minimum absolute atomic E-state index is 0.292. The van der Waals surface area contributed by atoms with Crippen LogP contribution in [-0.4, -0.2) is 11.1 Å². The first-order valence-corrected chi connectivity index (χ1v) is 3.86. The van der Waals surface area contributed by atoms with Crippen LogP contribution in [0.1, 0.15) is 32.1 Å². The highest BCUT2D eigenvalue weighted by atomic mass is 16.5. The van der Waals surface area contributed by atoms with E-state index in [9.17, 15) is 4.79 Å². The maximum absolute atomic E-state index is 10.1. The van der Waals surface area contributed by atoms with Gasteiger partial charge in [0.05, 0.1) is 0 Å². The van der Waals surface area contributed by atoms with Crippen molar-refractivity contribution in [1.82, 2.24) is 0 Å². The molecule has 3 heteroatoms. The lowest BCUT2D eigenvalue weighted by atomic mass is 10.1. The predicted octanol–water partition coefficient (Wildman–Crippen LogP) is 1.89. The van der Waals surface area contributed by atoms with Gasteiger partial charge in [0.15, 0.2) is 0 Å². The van der Waals surface area contributed by atoms with Gasteiger partial charge in [-0.1, -0.05) is 6.42 Å². The number of hydrogen-bond donors (Lipinski definition) is 1. The number of carboxylic acid groups (broad SMARTS) is 1. The lowest BCUT2D eigenvalue weighted by Gasteiger charge is -1.93. The number of rotatable bonds is 6. The summed E-state index contributed by atoms with van der Waals surface area (Å²) in [4.78, 5) is 10.1. The molecule has 0 aliphatic carbocycles. The van der Waals surface area contributed by atoms with Gasteiger partial charge in [0.2, 0.25) is 0 Å². The highest BCUT2D eigenvalue weighted by Crippen LogP contribution is 2.20. The van der Waals surface area contributed by atoms with E-state index >= 15 is 0 Å². The molecule has 1 N–H and O–H groups in total. The number of hydrogen-bond acceptors (Lipinski definition) is 2. The van der Waals surface area contributed by atoms with E-state index < -0.39 is 5.97 Å². The van der Waals surface area contributed by atoms with Gasteiger partial charge in [0.25, 0.3) is 0 Å². The molecule has 0 aromatic carbocycles. The van der Waals surface area contributed by atoms with Crippen LogP contribution >= 0.6 is 0 Å². The van der Waals surface area contributed by atoms with E-state index in [-0.39, 0.29) is 0 Å². The van der Waals surface area contributed by atoms with Gasteiger partial charge in [0.1, 0.15) is 12.0 Å². The Morgan fingerprint density at radius 1 is 1.45 bits per heavy atom. The van der Waals surface area contributed by atoms with Crippen molar-refractivity contribution < 1.29 is 14.6 Å². The summed E-state index contributed by atoms with van der Waals surface area (Å²) < 4.78 is 4.81. The van der Waals surface area contributed by atoms with Crippen LogP contribution in [0.4, 0.5) is 0 Å². The molecule has 11 heavy (non-hydrogen) atoms. The van der Waals surface area contributed by atoms with Crippen LogP contribution in [-0.2, 0) is 9.53 Å². The summed E-state index contributed by atoms with van der Waals surface area (Å²) in [7, 11) is 0. The van der Waals surface area contributed by atoms with E-state index in [0.717, 1.165) is 31.4 Å². The van der Waals surface area contributed by atoms with Crippen molar-refractivity contribution in [2.24, 2.45) is 0 Å². The van der Waals surface area contributed by atoms with Crippen molar-refractivity contribution in [3.8, 4) is 0 Å². The third-order valence-electron chi connectivity index (χ3n) is 1.60. The van der Waals surface area contributed by atoms with E-state index in [1.165, 1.54) is 0 Å². The Morgan fingerprint density at radius 3 is 2.73 bits per heavy atom. The molecule has 0 atom stereocenters. The fourth-order valence-corrected chi connectivity index (χ4v) is 0.912. The van der Waals surface area contributed by atoms with Crippen molar-refractivity contribution in [3.63, 3.8) is 0 Å². The fraction of sp³-hybridized carbons (Fsp3) is 0.625. The van der Waals surface area contributed by atoms with Gasteiger partial charge < -0.3 is 9.84 Å². The Balaban J connectivity index is 1.80. The standard InChI is InChI=1S/C8H12O3/c9-8(10)5-3-1-2-4-7-6-11-7/h6H,1-5H2,(H,9,10). The van der Waals surface area contributed by atoms with Crippen molar-refractivity contribution in [2.75, 3.05) is 0 Å². The number of carboxylic acids is 1. The largest absolute Gasteiger partial charge is 0.481 e. The zero-order chi connectivity index (χ0) is 8.10. The van der Waals surface area contributed by atoms with E-state index in [1.54, 1.807) is 6.26 Å². The summed E-state index contributed by atoms with van der Waals surface area (Å²) in [5.74, 6) is 0.354. The average molecular weight is 156 g/mol. The van der Waals surface area contributed by atoms with Gasteiger partial charge in [-0.3, -0.25) is 4.79 Å².